The van der Waals surface area contributed by atoms with Crippen molar-refractivity contribution in [2.75, 3.05) is 0 Å². The first-order valence-corrected chi connectivity index (χ1v) is 9.68. The van der Waals surface area contributed by atoms with Crippen LogP contribution < -0.4 is 0 Å². The summed E-state index contributed by atoms with van der Waals surface area (Å²) in [5.74, 6) is -1.02. The molecule has 4 aromatic rings. The third-order valence-electron chi connectivity index (χ3n) is 4.68. The Morgan fingerprint density at radius 2 is 1.76 bits per heavy atom. The fourth-order valence-electron chi connectivity index (χ4n) is 2.96. The van der Waals surface area contributed by atoms with Crippen LogP contribution in [-0.2, 0) is 10.9 Å². The van der Waals surface area contributed by atoms with E-state index < -0.39 is 28.7 Å². The summed E-state index contributed by atoms with van der Waals surface area (Å²) >= 11 is 0. The number of rotatable bonds is 6. The van der Waals surface area contributed by atoms with Crippen LogP contribution in [0.1, 0.15) is 35.0 Å². The van der Waals surface area contributed by atoms with E-state index in [0.717, 1.165) is 12.1 Å². The average Bonchev–Trinajstić information content (AvgIpc) is 3.49. The van der Waals surface area contributed by atoms with Gasteiger partial charge in [-0.3, -0.25) is 10.1 Å². The zero-order valence-corrected chi connectivity index (χ0v) is 17.3. The number of ether oxygens (including phenoxy) is 1. The molecule has 1 unspecified atom stereocenters. The Labute approximate surface area is 188 Å². The number of benzene rings is 2. The van der Waals surface area contributed by atoms with Gasteiger partial charge in [-0.25, -0.2) is 4.79 Å². The number of alkyl halides is 3. The lowest BCUT2D eigenvalue weighted by Gasteiger charge is -2.08. The predicted molar refractivity (Wildman–Crippen MR) is 109 cm³/mol. The molecule has 34 heavy (non-hydrogen) atoms. The van der Waals surface area contributed by atoms with E-state index in [2.05, 4.69) is 10.2 Å². The molecule has 0 aliphatic rings. The summed E-state index contributed by atoms with van der Waals surface area (Å²) in [6.07, 6.45) is -5.49. The Hall–Kier alpha value is -4.48. The third-order valence-corrected chi connectivity index (χ3v) is 4.68. The highest BCUT2D eigenvalue weighted by Crippen LogP contribution is 2.33. The number of aromatic nitrogens is 2. The Morgan fingerprint density at radius 1 is 1.03 bits per heavy atom. The number of nitro benzene ring substituents is 1. The number of nitrogens with zero attached hydrogens (tertiary/aromatic N) is 3. The normalized spacial score (nSPS) is 12.4. The van der Waals surface area contributed by atoms with Crippen LogP contribution in [0.25, 0.3) is 22.8 Å². The molecule has 12 heteroatoms. The van der Waals surface area contributed by atoms with Gasteiger partial charge in [-0.2, -0.15) is 13.2 Å². The number of nitro groups is 1. The van der Waals surface area contributed by atoms with E-state index in [1.54, 1.807) is 0 Å². The van der Waals surface area contributed by atoms with Gasteiger partial charge in [0.15, 0.2) is 6.10 Å². The summed E-state index contributed by atoms with van der Waals surface area (Å²) in [4.78, 5) is 22.6. The summed E-state index contributed by atoms with van der Waals surface area (Å²) in [6, 6.07) is 12.6. The lowest BCUT2D eigenvalue weighted by Crippen LogP contribution is -2.08. The monoisotopic (exact) mass is 473 g/mol. The Morgan fingerprint density at radius 3 is 2.44 bits per heavy atom. The minimum Gasteiger partial charge on any atom is -0.449 e. The van der Waals surface area contributed by atoms with Crippen molar-refractivity contribution in [2.45, 2.75) is 19.2 Å². The molecule has 9 nitrogen and oxygen atoms in total. The second-order valence-electron chi connectivity index (χ2n) is 7.04. The highest BCUT2D eigenvalue weighted by molar-refractivity contribution is 5.87. The van der Waals surface area contributed by atoms with Crippen LogP contribution >= 0.6 is 0 Å². The second-order valence-corrected chi connectivity index (χ2v) is 7.04. The van der Waals surface area contributed by atoms with Crippen molar-refractivity contribution in [3.8, 4) is 22.8 Å². The second kappa shape index (κ2) is 8.81. The quantitative estimate of drug-likeness (QED) is 0.194. The van der Waals surface area contributed by atoms with Gasteiger partial charge in [0.25, 0.3) is 11.6 Å². The zero-order valence-electron chi connectivity index (χ0n) is 17.3. The van der Waals surface area contributed by atoms with E-state index >= 15 is 0 Å². The topological polar surface area (TPSA) is 122 Å². The van der Waals surface area contributed by atoms with Crippen LogP contribution in [0.4, 0.5) is 18.9 Å². The number of furan rings is 1. The van der Waals surface area contributed by atoms with Crippen molar-refractivity contribution < 1.29 is 36.5 Å². The largest absolute Gasteiger partial charge is 0.449 e. The molecule has 0 saturated heterocycles. The van der Waals surface area contributed by atoms with Gasteiger partial charge in [0.1, 0.15) is 5.76 Å². The molecule has 0 amide bonds. The van der Waals surface area contributed by atoms with E-state index in [0.29, 0.717) is 5.56 Å². The molecule has 0 spiro atoms. The van der Waals surface area contributed by atoms with Gasteiger partial charge < -0.3 is 13.6 Å². The summed E-state index contributed by atoms with van der Waals surface area (Å²) in [5, 5.41) is 18.4. The molecular formula is C22H14F3N3O6. The van der Waals surface area contributed by atoms with Crippen LogP contribution in [-0.4, -0.2) is 21.1 Å². The van der Waals surface area contributed by atoms with Crippen molar-refractivity contribution in [1.29, 1.82) is 0 Å². The van der Waals surface area contributed by atoms with Gasteiger partial charge in [0.2, 0.25) is 11.7 Å². The minimum atomic E-state index is -4.52. The summed E-state index contributed by atoms with van der Waals surface area (Å²) in [6.45, 7) is 1.47. The molecule has 0 N–H and O–H groups in total. The summed E-state index contributed by atoms with van der Waals surface area (Å²) in [7, 11) is 0. The fraction of sp³-hybridized carbons (Fsp3) is 0.136. The van der Waals surface area contributed by atoms with Gasteiger partial charge >= 0.3 is 12.1 Å². The molecule has 0 fully saturated rings. The van der Waals surface area contributed by atoms with E-state index in [1.165, 1.54) is 55.5 Å². The van der Waals surface area contributed by atoms with Crippen molar-refractivity contribution in [1.82, 2.24) is 10.2 Å². The molecule has 0 aliphatic carbocycles. The van der Waals surface area contributed by atoms with E-state index in [4.69, 9.17) is 13.6 Å². The van der Waals surface area contributed by atoms with Gasteiger partial charge in [0, 0.05) is 23.3 Å². The van der Waals surface area contributed by atoms with Crippen LogP contribution in [0.15, 0.2) is 69.5 Å². The van der Waals surface area contributed by atoms with Crippen LogP contribution in [0, 0.1) is 10.1 Å². The Balaban J connectivity index is 1.45. The smallest absolute Gasteiger partial charge is 0.416 e. The maximum absolute atomic E-state index is 12.9. The highest BCUT2D eigenvalue weighted by Gasteiger charge is 2.31. The molecule has 0 saturated carbocycles. The molecule has 2 aromatic heterocycles. The molecule has 0 radical (unpaired) electrons. The standard InChI is InChI=1S/C22H14F3N3O6/c1-12(19-26-27-20(34-19)13-5-7-16(8-6-13)28(30)31)32-21(29)18-10-9-17(33-18)14-3-2-4-15(11-14)22(23,24)25/h2-12H,1H3. The van der Waals surface area contributed by atoms with E-state index in [1.807, 2.05) is 0 Å². The average molecular weight is 473 g/mol. The third kappa shape index (κ3) is 4.80. The first-order valence-electron chi connectivity index (χ1n) is 9.68. The van der Waals surface area contributed by atoms with Crippen molar-refractivity contribution in [3.05, 3.63) is 88.0 Å². The molecule has 0 aliphatic heterocycles. The van der Waals surface area contributed by atoms with Crippen LogP contribution in [0.3, 0.4) is 0 Å². The van der Waals surface area contributed by atoms with E-state index in [-0.39, 0.29) is 34.6 Å². The number of carbonyl (C=O) groups is 1. The predicted octanol–water partition coefficient (Wildman–Crippen LogP) is 5.84. The van der Waals surface area contributed by atoms with Gasteiger partial charge in [-0.05, 0) is 43.3 Å². The van der Waals surface area contributed by atoms with Gasteiger partial charge in [-0.1, -0.05) is 12.1 Å². The lowest BCUT2D eigenvalue weighted by atomic mass is 10.1. The summed E-state index contributed by atoms with van der Waals surface area (Å²) in [5.41, 5.74) is -0.376. The number of hydrogen-bond acceptors (Lipinski definition) is 8. The molecule has 2 heterocycles. The van der Waals surface area contributed by atoms with Crippen molar-refractivity contribution >= 4 is 11.7 Å². The number of halogens is 3. The number of esters is 1. The first kappa shape index (κ1) is 22.7. The maximum Gasteiger partial charge on any atom is 0.416 e. The number of carbonyl (C=O) groups excluding carboxylic acids is 1. The maximum atomic E-state index is 12.9. The fourth-order valence-corrected chi connectivity index (χ4v) is 2.96. The van der Waals surface area contributed by atoms with E-state index in [9.17, 15) is 28.1 Å². The van der Waals surface area contributed by atoms with Crippen molar-refractivity contribution in [2.24, 2.45) is 0 Å². The molecular weight excluding hydrogens is 459 g/mol. The minimum absolute atomic E-state index is 0.0358. The van der Waals surface area contributed by atoms with Gasteiger partial charge in [0.05, 0.1) is 10.5 Å². The molecule has 1 atom stereocenters. The zero-order chi connectivity index (χ0) is 24.5. The van der Waals surface area contributed by atoms with Gasteiger partial charge in [-0.15, -0.1) is 10.2 Å². The Bertz CT molecular complexity index is 1340. The SMILES string of the molecule is CC(OC(=O)c1ccc(-c2cccc(C(F)(F)F)c2)o1)c1nnc(-c2ccc([N+](=O)[O-])cc2)o1. The highest BCUT2D eigenvalue weighted by atomic mass is 19.4. The Kier molecular flexibility index (Phi) is 5.88. The van der Waals surface area contributed by atoms with Crippen LogP contribution in [0.2, 0.25) is 0 Å². The lowest BCUT2D eigenvalue weighted by molar-refractivity contribution is -0.384. The molecule has 2 aromatic carbocycles. The molecule has 0 bridgehead atoms. The molecule has 174 valence electrons. The number of non-ortho nitro benzene ring substituents is 1. The molecule has 4 rings (SSSR count). The van der Waals surface area contributed by atoms with Crippen molar-refractivity contribution in [3.63, 3.8) is 0 Å². The first-order chi connectivity index (χ1) is 16.1. The van der Waals surface area contributed by atoms with Crippen LogP contribution in [0.5, 0.6) is 0 Å². The summed E-state index contributed by atoms with van der Waals surface area (Å²) < 4.78 is 54.9. The number of hydrogen-bond donors (Lipinski definition) is 0.